The van der Waals surface area contributed by atoms with Crippen LogP contribution in [0.1, 0.15) is 61.2 Å². The summed E-state index contributed by atoms with van der Waals surface area (Å²) >= 11 is 1.64. The molecule has 0 saturated carbocycles. The zero-order chi connectivity index (χ0) is 24.5. The van der Waals surface area contributed by atoms with Crippen LogP contribution in [-0.2, 0) is 30.5 Å². The lowest BCUT2D eigenvalue weighted by Crippen LogP contribution is -2.34. The Kier molecular flexibility index (Phi) is 6.56. The van der Waals surface area contributed by atoms with Crippen molar-refractivity contribution in [2.24, 2.45) is 0 Å². The molecule has 2 heterocycles. The highest BCUT2D eigenvalue weighted by atomic mass is 32.1. The molecule has 0 radical (unpaired) electrons. The predicted molar refractivity (Wildman–Crippen MR) is 144 cm³/mol. The monoisotopic (exact) mass is 485 g/mol. The second kappa shape index (κ2) is 9.78. The lowest BCUT2D eigenvalue weighted by atomic mass is 9.97. The Labute approximate surface area is 209 Å². The van der Waals surface area contributed by atoms with Gasteiger partial charge in [0.1, 0.15) is 16.7 Å². The number of hydrogen-bond acceptors (Lipinski definition) is 4. The van der Waals surface area contributed by atoms with Crippen molar-refractivity contribution in [2.45, 2.75) is 65.3 Å². The maximum Gasteiger partial charge on any atom is 0.263 e. The maximum atomic E-state index is 14.0. The lowest BCUT2D eigenvalue weighted by molar-refractivity contribution is -0.118. The molecule has 1 aliphatic carbocycles. The molecule has 5 nitrogen and oxygen atoms in total. The summed E-state index contributed by atoms with van der Waals surface area (Å²) in [5.74, 6) is 0.342. The molecule has 1 N–H and O–H groups in total. The topological polar surface area (TPSA) is 64.0 Å². The number of rotatable bonds is 6. The number of para-hydroxylation sites is 1. The molecule has 5 rings (SSSR count). The molecule has 0 aliphatic heterocycles. The lowest BCUT2D eigenvalue weighted by Gasteiger charge is -2.21. The number of fused-ring (bicyclic) bond motifs is 3. The van der Waals surface area contributed by atoms with Gasteiger partial charge in [-0.25, -0.2) is 4.98 Å². The van der Waals surface area contributed by atoms with E-state index in [0.717, 1.165) is 71.3 Å². The second-order valence-corrected chi connectivity index (χ2v) is 10.3. The van der Waals surface area contributed by atoms with Gasteiger partial charge in [0.25, 0.3) is 5.56 Å². The molecule has 35 heavy (non-hydrogen) atoms. The standard InChI is InChI=1S/C29H31N3O2S/c1-4-19-14-11-15-20(5-2)25(19)30-27(33)18(3)32-26(21-12-7-6-8-13-21)31-28-24(29(32)34)22-16-9-10-17-23(22)35-28/h6-8,11-15,18H,4-5,9-10,16-17H2,1-3H3,(H,30,33). The summed E-state index contributed by atoms with van der Waals surface area (Å²) in [6.07, 6.45) is 5.78. The van der Waals surface area contributed by atoms with Crippen molar-refractivity contribution in [2.75, 3.05) is 5.32 Å². The Morgan fingerprint density at radius 1 is 1.03 bits per heavy atom. The number of thiophene rings is 1. The Morgan fingerprint density at radius 3 is 2.40 bits per heavy atom. The number of amides is 1. The van der Waals surface area contributed by atoms with Crippen LogP contribution in [0.5, 0.6) is 0 Å². The van der Waals surface area contributed by atoms with Crippen molar-refractivity contribution in [3.8, 4) is 11.4 Å². The summed E-state index contributed by atoms with van der Waals surface area (Å²) in [7, 11) is 0. The highest BCUT2D eigenvalue weighted by Crippen LogP contribution is 2.35. The predicted octanol–water partition coefficient (Wildman–Crippen LogP) is 6.33. The fraction of sp³-hybridized carbons (Fsp3) is 0.345. The van der Waals surface area contributed by atoms with Crippen LogP contribution < -0.4 is 10.9 Å². The quantitative estimate of drug-likeness (QED) is 0.347. The highest BCUT2D eigenvalue weighted by Gasteiger charge is 2.27. The van der Waals surface area contributed by atoms with Crippen LogP contribution in [0, 0.1) is 0 Å². The van der Waals surface area contributed by atoms with Crippen LogP contribution in [0.2, 0.25) is 0 Å². The third kappa shape index (κ3) is 4.20. The normalized spacial score (nSPS) is 14.0. The van der Waals surface area contributed by atoms with Gasteiger partial charge in [0.05, 0.1) is 5.39 Å². The summed E-state index contributed by atoms with van der Waals surface area (Å²) in [6, 6.07) is 15.1. The fourth-order valence-electron chi connectivity index (χ4n) is 5.12. The van der Waals surface area contributed by atoms with Crippen molar-refractivity contribution >= 4 is 33.1 Å². The average Bonchev–Trinajstić information content (AvgIpc) is 3.27. The van der Waals surface area contributed by atoms with Gasteiger partial charge < -0.3 is 5.32 Å². The molecule has 6 heteroatoms. The maximum absolute atomic E-state index is 14.0. The molecule has 1 amide bonds. The molecular weight excluding hydrogens is 454 g/mol. The molecule has 4 aromatic rings. The van der Waals surface area contributed by atoms with E-state index in [0.29, 0.717) is 11.2 Å². The van der Waals surface area contributed by atoms with E-state index in [1.54, 1.807) is 22.8 Å². The molecule has 0 bridgehead atoms. The van der Waals surface area contributed by atoms with Crippen molar-refractivity contribution in [1.29, 1.82) is 0 Å². The van der Waals surface area contributed by atoms with Crippen molar-refractivity contribution in [1.82, 2.24) is 9.55 Å². The number of carbonyl (C=O) groups is 1. The van der Waals surface area contributed by atoms with Gasteiger partial charge in [-0.3, -0.25) is 14.2 Å². The van der Waals surface area contributed by atoms with E-state index >= 15 is 0 Å². The van der Waals surface area contributed by atoms with Crippen LogP contribution in [0.25, 0.3) is 21.6 Å². The third-order valence-electron chi connectivity index (χ3n) is 7.07. The van der Waals surface area contributed by atoms with Gasteiger partial charge in [-0.15, -0.1) is 11.3 Å². The van der Waals surface area contributed by atoms with E-state index in [2.05, 4.69) is 19.2 Å². The Balaban J connectivity index is 1.65. The molecule has 0 saturated heterocycles. The number of hydrogen-bond donors (Lipinski definition) is 1. The molecule has 1 atom stereocenters. The van der Waals surface area contributed by atoms with E-state index in [9.17, 15) is 9.59 Å². The number of nitrogens with zero attached hydrogens (tertiary/aromatic N) is 2. The van der Waals surface area contributed by atoms with Crippen molar-refractivity contribution < 1.29 is 4.79 Å². The van der Waals surface area contributed by atoms with Crippen molar-refractivity contribution in [3.63, 3.8) is 0 Å². The summed E-state index contributed by atoms with van der Waals surface area (Å²) in [5, 5.41) is 3.87. The van der Waals surface area contributed by atoms with E-state index < -0.39 is 6.04 Å². The summed E-state index contributed by atoms with van der Waals surface area (Å²) < 4.78 is 1.61. The zero-order valence-corrected chi connectivity index (χ0v) is 21.4. The van der Waals surface area contributed by atoms with Gasteiger partial charge in [-0.05, 0) is 62.1 Å². The molecule has 0 spiro atoms. The van der Waals surface area contributed by atoms with E-state index in [4.69, 9.17) is 4.98 Å². The first kappa shape index (κ1) is 23.5. The van der Waals surface area contributed by atoms with Crippen LogP contribution in [0.3, 0.4) is 0 Å². The summed E-state index contributed by atoms with van der Waals surface area (Å²) in [5.41, 5.74) is 4.92. The minimum atomic E-state index is -0.719. The van der Waals surface area contributed by atoms with E-state index in [-0.39, 0.29) is 11.5 Å². The van der Waals surface area contributed by atoms with Gasteiger partial charge >= 0.3 is 0 Å². The van der Waals surface area contributed by atoms with Crippen molar-refractivity contribution in [3.05, 3.63) is 80.5 Å². The largest absolute Gasteiger partial charge is 0.324 e. The van der Waals surface area contributed by atoms with Gasteiger partial charge in [-0.2, -0.15) is 0 Å². The molecule has 2 aromatic carbocycles. The molecular formula is C29H31N3O2S. The van der Waals surface area contributed by atoms with Gasteiger partial charge in [0.2, 0.25) is 5.91 Å². The second-order valence-electron chi connectivity index (χ2n) is 9.19. The Hall–Kier alpha value is -3.25. The number of carbonyl (C=O) groups excluding carboxylic acids is 1. The summed E-state index contributed by atoms with van der Waals surface area (Å²) in [4.78, 5) is 34.8. The fourth-order valence-corrected chi connectivity index (χ4v) is 6.37. The first-order valence-electron chi connectivity index (χ1n) is 12.6. The first-order chi connectivity index (χ1) is 17.0. The molecule has 2 aromatic heterocycles. The first-order valence-corrected chi connectivity index (χ1v) is 13.4. The number of benzene rings is 2. The highest BCUT2D eigenvalue weighted by molar-refractivity contribution is 7.18. The zero-order valence-electron chi connectivity index (χ0n) is 20.6. The van der Waals surface area contributed by atoms with Crippen LogP contribution in [0.4, 0.5) is 5.69 Å². The molecule has 1 aliphatic rings. The number of anilines is 1. The van der Waals surface area contributed by atoms with E-state index in [1.807, 2.05) is 48.5 Å². The smallest absolute Gasteiger partial charge is 0.263 e. The molecule has 180 valence electrons. The van der Waals surface area contributed by atoms with Crippen LogP contribution in [0.15, 0.2) is 53.3 Å². The van der Waals surface area contributed by atoms with Gasteiger partial charge in [0, 0.05) is 16.1 Å². The average molecular weight is 486 g/mol. The van der Waals surface area contributed by atoms with Crippen LogP contribution in [-0.4, -0.2) is 15.5 Å². The minimum absolute atomic E-state index is 0.115. The minimum Gasteiger partial charge on any atom is -0.324 e. The number of aryl methyl sites for hydroxylation is 4. The Bertz CT molecular complexity index is 1430. The third-order valence-corrected chi connectivity index (χ3v) is 8.25. The molecule has 0 fully saturated rings. The number of nitrogens with one attached hydrogen (secondary N) is 1. The summed E-state index contributed by atoms with van der Waals surface area (Å²) in [6.45, 7) is 5.97. The van der Waals surface area contributed by atoms with Crippen LogP contribution >= 0.6 is 11.3 Å². The SMILES string of the molecule is CCc1cccc(CC)c1NC(=O)C(C)n1c(-c2ccccc2)nc2sc3c(c2c1=O)CCCC3. The van der Waals surface area contributed by atoms with E-state index in [1.165, 1.54) is 4.88 Å². The Morgan fingerprint density at radius 2 is 1.71 bits per heavy atom. The number of aromatic nitrogens is 2. The van der Waals surface area contributed by atoms with Gasteiger partial charge in [0.15, 0.2) is 0 Å². The molecule has 1 unspecified atom stereocenters. The van der Waals surface area contributed by atoms with Gasteiger partial charge in [-0.1, -0.05) is 62.4 Å².